The number of hydrogen-bond acceptors (Lipinski definition) is 5. The number of halogens is 1. The minimum absolute atomic E-state index is 0.0811. The summed E-state index contributed by atoms with van der Waals surface area (Å²) in [6.07, 6.45) is 1.77. The summed E-state index contributed by atoms with van der Waals surface area (Å²) in [6, 6.07) is 3.54. The van der Waals surface area contributed by atoms with Crippen molar-refractivity contribution in [1.29, 1.82) is 0 Å². The maximum Gasteiger partial charge on any atom is 0.266 e. The highest BCUT2D eigenvalue weighted by molar-refractivity contribution is 8.26. The highest BCUT2D eigenvalue weighted by atomic mass is 35.5. The SMILES string of the molecule is CCOc1cc(C=C2SC(=S)N(CC)C2=O)cc(Cl)c1OC. The zero-order chi connectivity index (χ0) is 16.3. The molecule has 0 bridgehead atoms. The van der Waals surface area contributed by atoms with Gasteiger partial charge in [0.15, 0.2) is 11.5 Å². The molecule has 2 rings (SSSR count). The maximum absolute atomic E-state index is 12.2. The van der Waals surface area contributed by atoms with E-state index in [0.717, 1.165) is 5.56 Å². The summed E-state index contributed by atoms with van der Waals surface area (Å²) in [4.78, 5) is 14.4. The summed E-state index contributed by atoms with van der Waals surface area (Å²) in [5.41, 5.74) is 0.769. The first-order valence-corrected chi connectivity index (χ1v) is 8.37. The molecule has 1 aliphatic rings. The number of ether oxygens (including phenoxy) is 2. The number of likely N-dealkylation sites (N-methyl/N-ethyl adjacent to an activating group) is 1. The van der Waals surface area contributed by atoms with Crippen LogP contribution in [0.25, 0.3) is 6.08 Å². The lowest BCUT2D eigenvalue weighted by molar-refractivity contribution is -0.121. The molecule has 7 heteroatoms. The first-order chi connectivity index (χ1) is 10.5. The monoisotopic (exact) mass is 357 g/mol. The molecule has 1 aromatic rings. The van der Waals surface area contributed by atoms with E-state index in [1.54, 1.807) is 23.1 Å². The quantitative estimate of drug-likeness (QED) is 0.589. The van der Waals surface area contributed by atoms with Crippen LogP contribution in [-0.2, 0) is 4.79 Å². The summed E-state index contributed by atoms with van der Waals surface area (Å²) >= 11 is 12.7. The molecule has 0 aliphatic carbocycles. The molecule has 0 unspecified atom stereocenters. The largest absolute Gasteiger partial charge is 0.491 e. The lowest BCUT2D eigenvalue weighted by Crippen LogP contribution is -2.27. The van der Waals surface area contributed by atoms with Crippen LogP contribution >= 0.6 is 35.6 Å². The Hall–Kier alpha value is -1.24. The normalized spacial score (nSPS) is 16.5. The van der Waals surface area contributed by atoms with Crippen LogP contribution in [0.4, 0.5) is 0 Å². The molecular weight excluding hydrogens is 342 g/mol. The fourth-order valence-electron chi connectivity index (χ4n) is 2.06. The van der Waals surface area contributed by atoms with E-state index in [1.807, 2.05) is 13.8 Å². The van der Waals surface area contributed by atoms with Crippen LogP contribution in [0.2, 0.25) is 5.02 Å². The lowest BCUT2D eigenvalue weighted by atomic mass is 10.1. The smallest absolute Gasteiger partial charge is 0.266 e. The average molecular weight is 358 g/mol. The molecule has 1 aliphatic heterocycles. The zero-order valence-electron chi connectivity index (χ0n) is 12.5. The predicted molar refractivity (Wildman–Crippen MR) is 94.7 cm³/mol. The molecule has 0 saturated carbocycles. The highest BCUT2D eigenvalue weighted by Gasteiger charge is 2.30. The molecule has 1 fully saturated rings. The van der Waals surface area contributed by atoms with Crippen LogP contribution in [0.5, 0.6) is 11.5 Å². The van der Waals surface area contributed by atoms with Crippen LogP contribution in [-0.4, -0.2) is 35.4 Å². The number of carbonyl (C=O) groups is 1. The van der Waals surface area contributed by atoms with Gasteiger partial charge in [0.05, 0.1) is 23.6 Å². The zero-order valence-corrected chi connectivity index (χ0v) is 14.9. The number of hydrogen-bond donors (Lipinski definition) is 0. The third-order valence-corrected chi connectivity index (χ3v) is 4.68. The number of thioether (sulfide) groups is 1. The van der Waals surface area contributed by atoms with E-state index in [-0.39, 0.29) is 5.91 Å². The van der Waals surface area contributed by atoms with E-state index in [9.17, 15) is 4.79 Å². The molecule has 1 aromatic carbocycles. The summed E-state index contributed by atoms with van der Waals surface area (Å²) in [5, 5.41) is 0.436. The molecular formula is C15H16ClNO3S2. The van der Waals surface area contributed by atoms with E-state index in [2.05, 4.69) is 0 Å². The Morgan fingerprint density at radius 2 is 2.14 bits per heavy atom. The summed E-state index contributed by atoms with van der Waals surface area (Å²) in [6.45, 7) is 4.83. The first kappa shape index (κ1) is 17.1. The second-order valence-electron chi connectivity index (χ2n) is 4.39. The van der Waals surface area contributed by atoms with Crippen molar-refractivity contribution in [2.45, 2.75) is 13.8 Å². The van der Waals surface area contributed by atoms with Crippen molar-refractivity contribution in [2.75, 3.05) is 20.3 Å². The molecule has 0 spiro atoms. The Bertz CT molecular complexity index is 646. The van der Waals surface area contributed by atoms with E-state index in [1.165, 1.54) is 18.9 Å². The molecule has 0 N–H and O–H groups in total. The van der Waals surface area contributed by atoms with Crippen molar-refractivity contribution in [3.63, 3.8) is 0 Å². The van der Waals surface area contributed by atoms with Gasteiger partial charge in [0.25, 0.3) is 5.91 Å². The fraction of sp³-hybridized carbons (Fsp3) is 0.333. The Labute approximate surface area is 144 Å². The number of methoxy groups -OCH3 is 1. The molecule has 4 nitrogen and oxygen atoms in total. The molecule has 1 saturated heterocycles. The Balaban J connectivity index is 2.40. The Morgan fingerprint density at radius 1 is 1.41 bits per heavy atom. The van der Waals surface area contributed by atoms with Crippen LogP contribution in [0.15, 0.2) is 17.0 Å². The second kappa shape index (κ2) is 7.35. The van der Waals surface area contributed by atoms with Gasteiger partial charge in [-0.1, -0.05) is 35.6 Å². The van der Waals surface area contributed by atoms with Gasteiger partial charge in [0, 0.05) is 6.54 Å². The lowest BCUT2D eigenvalue weighted by Gasteiger charge is -2.12. The average Bonchev–Trinajstić information content (AvgIpc) is 2.73. The molecule has 1 heterocycles. The van der Waals surface area contributed by atoms with E-state index in [4.69, 9.17) is 33.3 Å². The van der Waals surface area contributed by atoms with Crippen molar-refractivity contribution in [3.8, 4) is 11.5 Å². The van der Waals surface area contributed by atoms with Crippen molar-refractivity contribution in [3.05, 3.63) is 27.6 Å². The molecule has 118 valence electrons. The first-order valence-electron chi connectivity index (χ1n) is 6.77. The van der Waals surface area contributed by atoms with Crippen molar-refractivity contribution in [2.24, 2.45) is 0 Å². The minimum atomic E-state index is -0.0811. The van der Waals surface area contributed by atoms with Crippen LogP contribution < -0.4 is 9.47 Å². The van der Waals surface area contributed by atoms with Crippen molar-refractivity contribution >= 4 is 51.9 Å². The number of carbonyl (C=O) groups excluding carboxylic acids is 1. The number of amides is 1. The number of thiocarbonyl (C=S) groups is 1. The fourth-order valence-corrected chi connectivity index (χ4v) is 3.74. The van der Waals surface area contributed by atoms with E-state index in [0.29, 0.717) is 38.9 Å². The van der Waals surface area contributed by atoms with Gasteiger partial charge >= 0.3 is 0 Å². The van der Waals surface area contributed by atoms with E-state index >= 15 is 0 Å². The maximum atomic E-state index is 12.2. The molecule has 0 aromatic heterocycles. The van der Waals surface area contributed by atoms with Gasteiger partial charge in [0.2, 0.25) is 0 Å². The molecule has 0 atom stereocenters. The van der Waals surface area contributed by atoms with Gasteiger partial charge in [-0.3, -0.25) is 9.69 Å². The standard InChI is InChI=1S/C15H16ClNO3S2/c1-4-17-14(18)12(22-15(17)21)8-9-6-10(16)13(19-3)11(7-9)20-5-2/h6-8H,4-5H2,1-3H3. The van der Waals surface area contributed by atoms with Crippen molar-refractivity contribution in [1.82, 2.24) is 4.90 Å². The van der Waals surface area contributed by atoms with Crippen LogP contribution in [0, 0.1) is 0 Å². The summed E-state index contributed by atoms with van der Waals surface area (Å²) < 4.78 is 11.4. The highest BCUT2D eigenvalue weighted by Crippen LogP contribution is 2.38. The number of nitrogens with zero attached hydrogens (tertiary/aromatic N) is 1. The minimum Gasteiger partial charge on any atom is -0.491 e. The summed E-state index contributed by atoms with van der Waals surface area (Å²) in [7, 11) is 1.54. The van der Waals surface area contributed by atoms with Gasteiger partial charge in [0.1, 0.15) is 4.32 Å². The Morgan fingerprint density at radius 3 is 2.68 bits per heavy atom. The second-order valence-corrected chi connectivity index (χ2v) is 6.48. The van der Waals surface area contributed by atoms with Crippen molar-refractivity contribution < 1.29 is 14.3 Å². The van der Waals surface area contributed by atoms with Gasteiger partial charge < -0.3 is 9.47 Å². The Kier molecular flexibility index (Phi) is 5.72. The number of rotatable bonds is 5. The van der Waals surface area contributed by atoms with Gasteiger partial charge in [-0.25, -0.2) is 0 Å². The van der Waals surface area contributed by atoms with Crippen LogP contribution in [0.3, 0.4) is 0 Å². The van der Waals surface area contributed by atoms with Gasteiger partial charge in [-0.15, -0.1) is 0 Å². The van der Waals surface area contributed by atoms with Gasteiger partial charge in [-0.05, 0) is 37.6 Å². The van der Waals surface area contributed by atoms with E-state index < -0.39 is 0 Å². The topological polar surface area (TPSA) is 38.8 Å². The van der Waals surface area contributed by atoms with Gasteiger partial charge in [-0.2, -0.15) is 0 Å². The number of benzene rings is 1. The third kappa shape index (κ3) is 3.39. The summed E-state index contributed by atoms with van der Waals surface area (Å²) in [5.74, 6) is 0.957. The molecule has 1 amide bonds. The van der Waals surface area contributed by atoms with Crippen LogP contribution in [0.1, 0.15) is 19.4 Å². The third-order valence-electron chi connectivity index (χ3n) is 3.02. The molecule has 22 heavy (non-hydrogen) atoms. The molecule has 0 radical (unpaired) electrons. The predicted octanol–water partition coefficient (Wildman–Crippen LogP) is 3.97.